The molecular formula is C11H14N4O5S2. The summed E-state index contributed by atoms with van der Waals surface area (Å²) in [6.07, 6.45) is 0. The maximum absolute atomic E-state index is 12.3. The molecule has 22 heavy (non-hydrogen) atoms. The van der Waals surface area contributed by atoms with Crippen LogP contribution in [0.3, 0.4) is 0 Å². The predicted molar refractivity (Wildman–Crippen MR) is 75.7 cm³/mol. The number of benzene rings is 1. The lowest BCUT2D eigenvalue weighted by molar-refractivity contribution is 0.372. The standard InChI is InChI=1S/C11H14N4O5S2/c1-8-14-11(20-15-8)7-13-22(18,19)10-6-4-3-5-9(10)21(16,17)12-2/h3-6,12-13H,7H2,1-2H3. The molecule has 0 bridgehead atoms. The van der Waals surface area contributed by atoms with Gasteiger partial charge in [-0.05, 0) is 26.1 Å². The Morgan fingerprint density at radius 2 is 1.68 bits per heavy atom. The highest BCUT2D eigenvalue weighted by molar-refractivity contribution is 7.92. The van der Waals surface area contributed by atoms with Crippen molar-refractivity contribution in [3.05, 3.63) is 36.0 Å². The summed E-state index contributed by atoms with van der Waals surface area (Å²) in [6, 6.07) is 5.27. The molecule has 0 saturated carbocycles. The molecule has 0 saturated heterocycles. The van der Waals surface area contributed by atoms with E-state index < -0.39 is 20.0 Å². The average molecular weight is 346 g/mol. The molecule has 2 rings (SSSR count). The third kappa shape index (κ3) is 3.50. The maximum Gasteiger partial charge on any atom is 0.242 e. The molecule has 9 nitrogen and oxygen atoms in total. The average Bonchev–Trinajstić information content (AvgIpc) is 2.91. The number of aryl methyl sites for hydroxylation is 1. The monoisotopic (exact) mass is 346 g/mol. The fourth-order valence-electron chi connectivity index (χ4n) is 1.65. The molecule has 0 fully saturated rings. The largest absolute Gasteiger partial charge is 0.338 e. The summed E-state index contributed by atoms with van der Waals surface area (Å²) in [5.74, 6) is 0.447. The third-order valence-electron chi connectivity index (χ3n) is 2.68. The summed E-state index contributed by atoms with van der Waals surface area (Å²) in [4.78, 5) is 3.16. The van der Waals surface area contributed by atoms with E-state index in [1.807, 2.05) is 0 Å². The Morgan fingerprint density at radius 1 is 1.09 bits per heavy atom. The lowest BCUT2D eigenvalue weighted by atomic mass is 10.4. The van der Waals surface area contributed by atoms with Crippen molar-refractivity contribution in [1.29, 1.82) is 0 Å². The Morgan fingerprint density at radius 3 is 2.18 bits per heavy atom. The number of rotatable bonds is 6. The summed E-state index contributed by atoms with van der Waals surface area (Å²) in [5.41, 5.74) is 0. The van der Waals surface area contributed by atoms with Crippen LogP contribution in [0, 0.1) is 6.92 Å². The molecule has 0 radical (unpaired) electrons. The number of nitrogens with zero attached hydrogens (tertiary/aromatic N) is 2. The Bertz CT molecular complexity index is 873. The number of sulfonamides is 2. The second kappa shape index (κ2) is 6.12. The van der Waals surface area contributed by atoms with Gasteiger partial charge in [0.25, 0.3) is 0 Å². The number of aromatic nitrogens is 2. The van der Waals surface area contributed by atoms with Crippen LogP contribution in [0.1, 0.15) is 11.7 Å². The first-order chi connectivity index (χ1) is 10.3. The summed E-state index contributed by atoms with van der Waals surface area (Å²) in [5, 5.41) is 3.53. The zero-order valence-electron chi connectivity index (χ0n) is 11.8. The minimum Gasteiger partial charge on any atom is -0.338 e. The van der Waals surface area contributed by atoms with Gasteiger partial charge in [-0.1, -0.05) is 17.3 Å². The highest BCUT2D eigenvalue weighted by Gasteiger charge is 2.25. The van der Waals surface area contributed by atoms with Gasteiger partial charge in [0.1, 0.15) is 9.79 Å². The Hall–Kier alpha value is -1.82. The number of hydrogen-bond donors (Lipinski definition) is 2. The van der Waals surface area contributed by atoms with Crippen molar-refractivity contribution in [1.82, 2.24) is 19.6 Å². The number of nitrogens with one attached hydrogen (secondary N) is 2. The van der Waals surface area contributed by atoms with Crippen LogP contribution in [0.5, 0.6) is 0 Å². The van der Waals surface area contributed by atoms with E-state index in [-0.39, 0.29) is 22.2 Å². The van der Waals surface area contributed by atoms with Crippen LogP contribution in [0.15, 0.2) is 38.6 Å². The highest BCUT2D eigenvalue weighted by atomic mass is 32.2. The molecule has 0 unspecified atom stereocenters. The van der Waals surface area contributed by atoms with Crippen LogP contribution in [-0.4, -0.2) is 34.0 Å². The second-order valence-electron chi connectivity index (χ2n) is 4.21. The zero-order valence-corrected chi connectivity index (χ0v) is 13.4. The van der Waals surface area contributed by atoms with Crippen molar-refractivity contribution in [2.45, 2.75) is 23.3 Å². The van der Waals surface area contributed by atoms with Crippen molar-refractivity contribution in [2.24, 2.45) is 0 Å². The van der Waals surface area contributed by atoms with Gasteiger partial charge in [-0.2, -0.15) is 4.98 Å². The van der Waals surface area contributed by atoms with Gasteiger partial charge < -0.3 is 4.52 Å². The predicted octanol–water partition coefficient (Wildman–Crippen LogP) is -0.235. The Kier molecular flexibility index (Phi) is 4.60. The molecule has 2 N–H and O–H groups in total. The van der Waals surface area contributed by atoms with Crippen LogP contribution in [0.4, 0.5) is 0 Å². The van der Waals surface area contributed by atoms with E-state index in [1.54, 1.807) is 6.92 Å². The summed E-state index contributed by atoms with van der Waals surface area (Å²) in [7, 11) is -6.78. The molecule has 120 valence electrons. The smallest absolute Gasteiger partial charge is 0.242 e. The van der Waals surface area contributed by atoms with Gasteiger partial charge in [0.2, 0.25) is 25.9 Å². The SMILES string of the molecule is CNS(=O)(=O)c1ccccc1S(=O)(=O)NCc1nc(C)no1. The van der Waals surface area contributed by atoms with E-state index in [1.165, 1.54) is 31.3 Å². The second-order valence-corrected chi connectivity index (χ2v) is 7.80. The zero-order chi connectivity index (χ0) is 16.4. The van der Waals surface area contributed by atoms with Crippen molar-refractivity contribution in [3.8, 4) is 0 Å². The van der Waals surface area contributed by atoms with E-state index in [4.69, 9.17) is 4.52 Å². The Labute approximate surface area is 127 Å². The number of hydrogen-bond acceptors (Lipinski definition) is 7. The van der Waals surface area contributed by atoms with Gasteiger partial charge >= 0.3 is 0 Å². The molecule has 1 aromatic heterocycles. The van der Waals surface area contributed by atoms with Crippen LogP contribution >= 0.6 is 0 Å². The van der Waals surface area contributed by atoms with Crippen LogP contribution in [0.2, 0.25) is 0 Å². The first-order valence-corrected chi connectivity index (χ1v) is 9.04. The molecule has 11 heteroatoms. The molecule has 0 spiro atoms. The van der Waals surface area contributed by atoms with Gasteiger partial charge in [0.05, 0.1) is 6.54 Å². The Balaban J connectivity index is 2.34. The molecule has 0 amide bonds. The molecule has 2 aromatic rings. The molecule has 0 aliphatic heterocycles. The van der Waals surface area contributed by atoms with Crippen molar-refractivity contribution in [2.75, 3.05) is 7.05 Å². The fourth-order valence-corrected chi connectivity index (χ4v) is 4.18. The van der Waals surface area contributed by atoms with Crippen molar-refractivity contribution < 1.29 is 21.4 Å². The van der Waals surface area contributed by atoms with Crippen molar-refractivity contribution >= 4 is 20.0 Å². The molecule has 1 aromatic carbocycles. The quantitative estimate of drug-likeness (QED) is 0.738. The van der Waals surface area contributed by atoms with E-state index in [0.717, 1.165) is 0 Å². The fraction of sp³-hybridized carbons (Fsp3) is 0.273. The van der Waals surface area contributed by atoms with E-state index in [2.05, 4.69) is 19.6 Å². The molecule has 0 aliphatic rings. The van der Waals surface area contributed by atoms with Crippen LogP contribution in [-0.2, 0) is 26.6 Å². The molecule has 0 aliphatic carbocycles. The minimum absolute atomic E-state index is 0.0787. The molecule has 0 atom stereocenters. The molecular weight excluding hydrogens is 332 g/mol. The lowest BCUT2D eigenvalue weighted by Crippen LogP contribution is -2.27. The maximum atomic E-state index is 12.3. The van der Waals surface area contributed by atoms with Crippen LogP contribution in [0.25, 0.3) is 0 Å². The van der Waals surface area contributed by atoms with E-state index in [9.17, 15) is 16.8 Å². The van der Waals surface area contributed by atoms with Gasteiger partial charge in [-0.25, -0.2) is 26.3 Å². The highest BCUT2D eigenvalue weighted by Crippen LogP contribution is 2.20. The van der Waals surface area contributed by atoms with E-state index >= 15 is 0 Å². The van der Waals surface area contributed by atoms with Gasteiger partial charge in [0.15, 0.2) is 5.82 Å². The third-order valence-corrected chi connectivity index (χ3v) is 5.74. The minimum atomic E-state index is -4.07. The topological polar surface area (TPSA) is 131 Å². The summed E-state index contributed by atoms with van der Waals surface area (Å²) in [6.45, 7) is 1.35. The van der Waals surface area contributed by atoms with Crippen molar-refractivity contribution in [3.63, 3.8) is 0 Å². The summed E-state index contributed by atoms with van der Waals surface area (Å²) >= 11 is 0. The van der Waals surface area contributed by atoms with Gasteiger partial charge in [-0.3, -0.25) is 0 Å². The lowest BCUT2D eigenvalue weighted by Gasteiger charge is -2.10. The first kappa shape index (κ1) is 16.5. The van der Waals surface area contributed by atoms with Gasteiger partial charge in [-0.15, -0.1) is 0 Å². The van der Waals surface area contributed by atoms with E-state index in [0.29, 0.717) is 5.82 Å². The first-order valence-electron chi connectivity index (χ1n) is 6.08. The normalized spacial score (nSPS) is 12.5. The summed E-state index contributed by atoms with van der Waals surface area (Å²) < 4.78 is 57.5. The van der Waals surface area contributed by atoms with Crippen LogP contribution < -0.4 is 9.44 Å². The molecule has 1 heterocycles. The van der Waals surface area contributed by atoms with Gasteiger partial charge in [0, 0.05) is 0 Å².